The Morgan fingerprint density at radius 3 is 2.43 bits per heavy atom. The first kappa shape index (κ1) is 15.5. The van der Waals surface area contributed by atoms with Crippen LogP contribution in [-0.2, 0) is 19.4 Å². The minimum absolute atomic E-state index is 0.0315. The summed E-state index contributed by atoms with van der Waals surface area (Å²) in [7, 11) is -1.73. The van der Waals surface area contributed by atoms with Gasteiger partial charge in [0, 0.05) is 5.92 Å². The van der Waals surface area contributed by atoms with Crippen molar-refractivity contribution in [3.05, 3.63) is 29.8 Å². The smallest absolute Gasteiger partial charge is 0.339 e. The summed E-state index contributed by atoms with van der Waals surface area (Å²) in [6, 6.07) is 6.55. The lowest BCUT2D eigenvalue weighted by Crippen LogP contribution is -2.32. The molecular weight excluding hydrogens is 294 g/mol. The van der Waals surface area contributed by atoms with Gasteiger partial charge in [0.05, 0.1) is 29.9 Å². The number of rotatable bonds is 3. The fourth-order valence-corrected chi connectivity index (χ4v) is 3.76. The maximum atomic E-state index is 12.2. The van der Waals surface area contributed by atoms with Crippen LogP contribution < -0.4 is 5.32 Å². The molecule has 0 aromatic heterocycles. The van der Waals surface area contributed by atoms with Gasteiger partial charge in [0.15, 0.2) is 0 Å². The summed E-state index contributed by atoms with van der Waals surface area (Å²) < 4.78 is 27.4. The first-order valence-corrected chi connectivity index (χ1v) is 8.44. The number of nitrogens with one attached hydrogen (secondary N) is 1. The number of hydrogen-bond donors (Lipinski definition) is 1. The Bertz CT molecular complexity index is 639. The number of amides is 1. The number of methoxy groups -OCH3 is 1. The van der Waals surface area contributed by atoms with Crippen molar-refractivity contribution in [2.24, 2.45) is 5.92 Å². The molecule has 6 nitrogen and oxygen atoms in total. The third kappa shape index (κ3) is 3.81. The van der Waals surface area contributed by atoms with E-state index in [9.17, 15) is 18.0 Å². The second kappa shape index (κ2) is 6.26. The van der Waals surface area contributed by atoms with E-state index < -0.39 is 15.8 Å². The standard InChI is InChI=1S/C14H17NO5S/c1-20-14(17)11-4-2-3-5-12(11)15-13(16)10-6-8-21(18,19)9-7-10/h2-5,10H,6-9H2,1H3,(H,15,16). The van der Waals surface area contributed by atoms with Crippen molar-refractivity contribution in [2.75, 3.05) is 23.9 Å². The van der Waals surface area contributed by atoms with E-state index in [1.54, 1.807) is 24.3 Å². The molecule has 0 saturated carbocycles. The normalized spacial score (nSPS) is 18.0. The number of sulfone groups is 1. The van der Waals surface area contributed by atoms with Crippen molar-refractivity contribution >= 4 is 27.4 Å². The van der Waals surface area contributed by atoms with Gasteiger partial charge in [-0.05, 0) is 25.0 Å². The molecule has 1 amide bonds. The zero-order valence-electron chi connectivity index (χ0n) is 11.7. The molecule has 0 spiro atoms. The molecule has 114 valence electrons. The average molecular weight is 311 g/mol. The molecule has 1 aliphatic heterocycles. The molecule has 0 aliphatic carbocycles. The number of carbonyl (C=O) groups is 2. The number of carbonyl (C=O) groups excluding carboxylic acids is 2. The highest BCUT2D eigenvalue weighted by Crippen LogP contribution is 2.22. The highest BCUT2D eigenvalue weighted by atomic mass is 32.2. The molecule has 21 heavy (non-hydrogen) atoms. The summed E-state index contributed by atoms with van der Waals surface area (Å²) in [6.45, 7) is 0. The molecule has 0 bridgehead atoms. The first-order chi connectivity index (χ1) is 9.93. The summed E-state index contributed by atoms with van der Waals surface area (Å²) in [5, 5.41) is 2.69. The number of esters is 1. The van der Waals surface area contributed by atoms with E-state index in [0.717, 1.165) is 0 Å². The van der Waals surface area contributed by atoms with Crippen LogP contribution in [0.15, 0.2) is 24.3 Å². The largest absolute Gasteiger partial charge is 0.465 e. The third-order valence-corrected chi connectivity index (χ3v) is 5.23. The van der Waals surface area contributed by atoms with E-state index >= 15 is 0 Å². The Balaban J connectivity index is 2.09. The van der Waals surface area contributed by atoms with Gasteiger partial charge in [-0.1, -0.05) is 12.1 Å². The molecule has 1 aromatic carbocycles. The van der Waals surface area contributed by atoms with E-state index in [2.05, 4.69) is 10.1 Å². The molecule has 1 saturated heterocycles. The number of ether oxygens (including phenoxy) is 1. The van der Waals surface area contributed by atoms with E-state index in [1.165, 1.54) is 7.11 Å². The van der Waals surface area contributed by atoms with E-state index in [0.29, 0.717) is 18.5 Å². The van der Waals surface area contributed by atoms with Crippen molar-refractivity contribution in [1.29, 1.82) is 0 Å². The summed E-state index contributed by atoms with van der Waals surface area (Å²) in [6.07, 6.45) is 0.628. The van der Waals surface area contributed by atoms with Crippen LogP contribution in [-0.4, -0.2) is 38.9 Å². The lowest BCUT2D eigenvalue weighted by Gasteiger charge is -2.21. The minimum Gasteiger partial charge on any atom is -0.465 e. The van der Waals surface area contributed by atoms with Gasteiger partial charge in [0.1, 0.15) is 9.84 Å². The van der Waals surface area contributed by atoms with Crippen LogP contribution in [0.2, 0.25) is 0 Å². The van der Waals surface area contributed by atoms with Gasteiger partial charge in [0.25, 0.3) is 0 Å². The Hall–Kier alpha value is -1.89. The zero-order chi connectivity index (χ0) is 15.5. The summed E-state index contributed by atoms with van der Waals surface area (Å²) in [4.78, 5) is 23.8. The number of para-hydroxylation sites is 1. The topological polar surface area (TPSA) is 89.5 Å². The number of anilines is 1. The SMILES string of the molecule is COC(=O)c1ccccc1NC(=O)C1CCS(=O)(=O)CC1. The minimum atomic E-state index is -3.00. The molecule has 7 heteroatoms. The number of hydrogen-bond acceptors (Lipinski definition) is 5. The quantitative estimate of drug-likeness (QED) is 0.848. The van der Waals surface area contributed by atoms with E-state index in [4.69, 9.17) is 0 Å². The summed E-state index contributed by atoms with van der Waals surface area (Å²) in [5.41, 5.74) is 0.652. The lowest BCUT2D eigenvalue weighted by atomic mass is 10.0. The van der Waals surface area contributed by atoms with Crippen LogP contribution in [0.4, 0.5) is 5.69 Å². The highest BCUT2D eigenvalue weighted by Gasteiger charge is 2.29. The number of benzene rings is 1. The van der Waals surface area contributed by atoms with Crippen LogP contribution in [0.5, 0.6) is 0 Å². The third-order valence-electron chi connectivity index (χ3n) is 3.52. The molecular formula is C14H17NO5S. The summed E-state index contributed by atoms with van der Waals surface area (Å²) >= 11 is 0. The molecule has 1 heterocycles. The van der Waals surface area contributed by atoms with Crippen LogP contribution in [0.3, 0.4) is 0 Å². The first-order valence-electron chi connectivity index (χ1n) is 6.61. The Labute approximate surface area is 123 Å². The maximum Gasteiger partial charge on any atom is 0.339 e. The second-order valence-electron chi connectivity index (χ2n) is 4.95. The molecule has 1 aromatic rings. The summed E-state index contributed by atoms with van der Waals surface area (Å²) in [5.74, 6) is -1.08. The Morgan fingerprint density at radius 2 is 1.81 bits per heavy atom. The molecule has 1 fully saturated rings. The molecule has 0 atom stereocenters. The molecule has 0 radical (unpaired) electrons. The highest BCUT2D eigenvalue weighted by molar-refractivity contribution is 7.91. The van der Waals surface area contributed by atoms with Gasteiger partial charge in [-0.25, -0.2) is 13.2 Å². The van der Waals surface area contributed by atoms with Crippen molar-refractivity contribution < 1.29 is 22.7 Å². The van der Waals surface area contributed by atoms with Crippen molar-refractivity contribution in [2.45, 2.75) is 12.8 Å². The van der Waals surface area contributed by atoms with Crippen LogP contribution in [0.1, 0.15) is 23.2 Å². The molecule has 1 aliphatic rings. The lowest BCUT2D eigenvalue weighted by molar-refractivity contribution is -0.120. The molecule has 2 rings (SSSR count). The van der Waals surface area contributed by atoms with Gasteiger partial charge in [-0.15, -0.1) is 0 Å². The Morgan fingerprint density at radius 1 is 1.19 bits per heavy atom. The van der Waals surface area contributed by atoms with Gasteiger partial charge in [-0.2, -0.15) is 0 Å². The van der Waals surface area contributed by atoms with Gasteiger partial charge < -0.3 is 10.1 Å². The predicted molar refractivity (Wildman–Crippen MR) is 77.8 cm³/mol. The monoisotopic (exact) mass is 311 g/mol. The molecule has 0 unspecified atom stereocenters. The molecule has 1 N–H and O–H groups in total. The van der Waals surface area contributed by atoms with Crippen LogP contribution >= 0.6 is 0 Å². The van der Waals surface area contributed by atoms with Crippen molar-refractivity contribution in [3.63, 3.8) is 0 Å². The van der Waals surface area contributed by atoms with Gasteiger partial charge in [-0.3, -0.25) is 4.79 Å². The van der Waals surface area contributed by atoms with Crippen molar-refractivity contribution in [3.8, 4) is 0 Å². The van der Waals surface area contributed by atoms with Gasteiger partial charge in [0.2, 0.25) is 5.91 Å². The van der Waals surface area contributed by atoms with Gasteiger partial charge >= 0.3 is 5.97 Å². The average Bonchev–Trinajstić information content (AvgIpc) is 2.46. The van der Waals surface area contributed by atoms with Crippen LogP contribution in [0, 0.1) is 5.92 Å². The zero-order valence-corrected chi connectivity index (χ0v) is 12.5. The van der Waals surface area contributed by atoms with E-state index in [-0.39, 0.29) is 28.9 Å². The maximum absolute atomic E-state index is 12.2. The van der Waals surface area contributed by atoms with Crippen molar-refractivity contribution in [1.82, 2.24) is 0 Å². The van der Waals surface area contributed by atoms with E-state index in [1.807, 2.05) is 0 Å². The Kier molecular flexibility index (Phi) is 4.62. The predicted octanol–water partition coefficient (Wildman–Crippen LogP) is 1.24. The fourth-order valence-electron chi connectivity index (χ4n) is 2.27. The van der Waals surface area contributed by atoms with Crippen LogP contribution in [0.25, 0.3) is 0 Å². The fraction of sp³-hybridized carbons (Fsp3) is 0.429. The second-order valence-corrected chi connectivity index (χ2v) is 7.26.